The molecule has 0 amide bonds. The van der Waals surface area contributed by atoms with Crippen LogP contribution in [0.1, 0.15) is 11.1 Å². The Bertz CT molecular complexity index is 550. The van der Waals surface area contributed by atoms with Gasteiger partial charge in [-0.25, -0.2) is 4.98 Å². The molecule has 1 aromatic heterocycles. The highest BCUT2D eigenvalue weighted by molar-refractivity contribution is 5.84. The van der Waals surface area contributed by atoms with Crippen molar-refractivity contribution in [3.8, 4) is 0 Å². The molecular weight excluding hydrogens is 192 g/mol. The summed E-state index contributed by atoms with van der Waals surface area (Å²) in [7, 11) is 0. The number of fused-ring (bicyclic) bond motifs is 1. The number of hydrogen-bond acceptors (Lipinski definition) is 3. The molecule has 0 radical (unpaired) electrons. The van der Waals surface area contributed by atoms with E-state index in [0.29, 0.717) is 0 Å². The van der Waals surface area contributed by atoms with Crippen LogP contribution in [0.25, 0.3) is 10.9 Å². The maximum Gasteiger partial charge on any atom is 0.288 e. The van der Waals surface area contributed by atoms with Crippen molar-refractivity contribution in [3.63, 3.8) is 0 Å². The summed E-state index contributed by atoms with van der Waals surface area (Å²) in [4.78, 5) is 14.2. The van der Waals surface area contributed by atoms with Crippen LogP contribution in [0, 0.1) is 24.0 Å². The lowest BCUT2D eigenvalue weighted by Crippen LogP contribution is -1.91. The third-order valence-electron chi connectivity index (χ3n) is 2.35. The summed E-state index contributed by atoms with van der Waals surface area (Å²) in [5.74, 6) is 0. The summed E-state index contributed by atoms with van der Waals surface area (Å²) < 4.78 is 0. The number of pyridine rings is 1. The summed E-state index contributed by atoms with van der Waals surface area (Å²) in [6, 6.07) is 5.48. The molecule has 0 aliphatic heterocycles. The molecule has 4 nitrogen and oxygen atoms in total. The van der Waals surface area contributed by atoms with Crippen molar-refractivity contribution in [2.24, 2.45) is 0 Å². The average molecular weight is 202 g/mol. The van der Waals surface area contributed by atoms with Crippen LogP contribution in [0.4, 0.5) is 5.69 Å². The highest BCUT2D eigenvalue weighted by Gasteiger charge is 2.08. The Balaban J connectivity index is 2.76. The predicted molar refractivity (Wildman–Crippen MR) is 57.9 cm³/mol. The van der Waals surface area contributed by atoms with Crippen LogP contribution in [0.15, 0.2) is 24.4 Å². The zero-order valence-corrected chi connectivity index (χ0v) is 8.52. The van der Waals surface area contributed by atoms with Gasteiger partial charge < -0.3 is 0 Å². The van der Waals surface area contributed by atoms with Gasteiger partial charge in [-0.05, 0) is 31.0 Å². The van der Waals surface area contributed by atoms with E-state index in [9.17, 15) is 10.1 Å². The number of hydrogen-bond donors (Lipinski definition) is 0. The first-order valence-electron chi connectivity index (χ1n) is 4.59. The Morgan fingerprint density at radius 3 is 2.67 bits per heavy atom. The topological polar surface area (TPSA) is 56.0 Å². The second-order valence-electron chi connectivity index (χ2n) is 3.60. The van der Waals surface area contributed by atoms with Gasteiger partial charge in [0.05, 0.1) is 10.4 Å². The lowest BCUT2D eigenvalue weighted by atomic mass is 10.1. The zero-order chi connectivity index (χ0) is 11.0. The van der Waals surface area contributed by atoms with Gasteiger partial charge in [-0.3, -0.25) is 10.1 Å². The minimum atomic E-state index is -0.425. The Morgan fingerprint density at radius 2 is 2.00 bits per heavy atom. The van der Waals surface area contributed by atoms with Crippen molar-refractivity contribution in [3.05, 3.63) is 45.6 Å². The Morgan fingerprint density at radius 1 is 1.27 bits per heavy atom. The van der Waals surface area contributed by atoms with Crippen molar-refractivity contribution in [2.45, 2.75) is 13.8 Å². The first-order valence-corrected chi connectivity index (χ1v) is 4.59. The van der Waals surface area contributed by atoms with Crippen molar-refractivity contribution in [1.29, 1.82) is 0 Å². The molecule has 0 unspecified atom stereocenters. The minimum Gasteiger partial charge on any atom is -0.258 e. The summed E-state index contributed by atoms with van der Waals surface area (Å²) in [6.45, 7) is 3.91. The third-order valence-corrected chi connectivity index (χ3v) is 2.35. The van der Waals surface area contributed by atoms with Crippen molar-refractivity contribution in [2.75, 3.05) is 0 Å². The Hall–Kier alpha value is -1.97. The molecule has 0 saturated heterocycles. The predicted octanol–water partition coefficient (Wildman–Crippen LogP) is 2.76. The summed E-state index contributed by atoms with van der Waals surface area (Å²) in [5.41, 5.74) is 2.97. The van der Waals surface area contributed by atoms with Crippen LogP contribution in [0.5, 0.6) is 0 Å². The van der Waals surface area contributed by atoms with Gasteiger partial charge in [0.1, 0.15) is 6.20 Å². The van der Waals surface area contributed by atoms with E-state index < -0.39 is 4.92 Å². The lowest BCUT2D eigenvalue weighted by Gasteiger charge is -2.02. The maximum absolute atomic E-state index is 10.6. The van der Waals surface area contributed by atoms with Crippen molar-refractivity contribution >= 4 is 16.6 Å². The van der Waals surface area contributed by atoms with Crippen LogP contribution in [-0.4, -0.2) is 9.91 Å². The van der Waals surface area contributed by atoms with E-state index >= 15 is 0 Å². The van der Waals surface area contributed by atoms with Crippen LogP contribution in [0.3, 0.4) is 0 Å². The quantitative estimate of drug-likeness (QED) is 0.527. The fourth-order valence-electron chi connectivity index (χ4n) is 1.67. The van der Waals surface area contributed by atoms with Gasteiger partial charge in [-0.2, -0.15) is 0 Å². The highest BCUT2D eigenvalue weighted by Crippen LogP contribution is 2.22. The first-order chi connectivity index (χ1) is 7.08. The molecule has 0 aliphatic carbocycles. The molecule has 0 spiro atoms. The monoisotopic (exact) mass is 202 g/mol. The molecule has 0 N–H and O–H groups in total. The highest BCUT2D eigenvalue weighted by atomic mass is 16.6. The van der Waals surface area contributed by atoms with Crippen LogP contribution in [0.2, 0.25) is 0 Å². The number of aromatic nitrogens is 1. The van der Waals surface area contributed by atoms with Crippen LogP contribution >= 0.6 is 0 Å². The van der Waals surface area contributed by atoms with Gasteiger partial charge in [0, 0.05) is 11.5 Å². The van der Waals surface area contributed by atoms with Gasteiger partial charge in [-0.1, -0.05) is 6.07 Å². The van der Waals surface area contributed by atoms with Crippen LogP contribution in [-0.2, 0) is 0 Å². The van der Waals surface area contributed by atoms with E-state index in [2.05, 4.69) is 4.98 Å². The normalized spacial score (nSPS) is 10.5. The fraction of sp³-hybridized carbons (Fsp3) is 0.182. The van der Waals surface area contributed by atoms with E-state index in [4.69, 9.17) is 0 Å². The summed E-state index contributed by atoms with van der Waals surface area (Å²) in [6.07, 6.45) is 1.29. The molecule has 0 fully saturated rings. The molecule has 2 aromatic rings. The van der Waals surface area contributed by atoms with Crippen LogP contribution < -0.4 is 0 Å². The third kappa shape index (κ3) is 1.66. The molecule has 2 rings (SSSR count). The second-order valence-corrected chi connectivity index (χ2v) is 3.60. The van der Waals surface area contributed by atoms with E-state index in [1.807, 2.05) is 26.0 Å². The molecule has 0 bridgehead atoms. The Kier molecular flexibility index (Phi) is 2.11. The van der Waals surface area contributed by atoms with Gasteiger partial charge in [-0.15, -0.1) is 0 Å². The number of aryl methyl sites for hydroxylation is 2. The lowest BCUT2D eigenvalue weighted by molar-refractivity contribution is -0.385. The molecule has 1 heterocycles. The molecule has 76 valence electrons. The smallest absolute Gasteiger partial charge is 0.258 e. The van der Waals surface area contributed by atoms with Gasteiger partial charge >= 0.3 is 0 Å². The molecule has 0 atom stereocenters. The minimum absolute atomic E-state index is 0.0365. The molecule has 0 aliphatic rings. The van der Waals surface area contributed by atoms with Gasteiger partial charge in [0.25, 0.3) is 5.69 Å². The average Bonchev–Trinajstić information content (AvgIpc) is 2.16. The first kappa shape index (κ1) is 9.58. The van der Waals surface area contributed by atoms with E-state index in [0.717, 1.165) is 22.0 Å². The molecule has 4 heteroatoms. The van der Waals surface area contributed by atoms with E-state index in [-0.39, 0.29) is 5.69 Å². The SMILES string of the molecule is Cc1cc(C)c2cc([N+](=O)[O-])cnc2c1. The summed E-state index contributed by atoms with van der Waals surface area (Å²) >= 11 is 0. The number of benzene rings is 1. The maximum atomic E-state index is 10.6. The second kappa shape index (κ2) is 3.31. The zero-order valence-electron chi connectivity index (χ0n) is 8.52. The number of nitrogens with zero attached hydrogens (tertiary/aromatic N) is 2. The molecule has 1 aromatic carbocycles. The molecule has 15 heavy (non-hydrogen) atoms. The van der Waals surface area contributed by atoms with Crippen molar-refractivity contribution in [1.82, 2.24) is 4.98 Å². The Labute approximate surface area is 86.7 Å². The standard InChI is InChI=1S/C11H10N2O2/c1-7-3-8(2)10-5-9(13(14)15)6-12-11(10)4-7/h3-6H,1-2H3. The fourth-order valence-corrected chi connectivity index (χ4v) is 1.67. The largest absolute Gasteiger partial charge is 0.288 e. The summed E-state index contributed by atoms with van der Waals surface area (Å²) in [5, 5.41) is 11.4. The van der Waals surface area contributed by atoms with E-state index in [1.165, 1.54) is 6.20 Å². The number of rotatable bonds is 1. The van der Waals surface area contributed by atoms with Gasteiger partial charge in [0.15, 0.2) is 0 Å². The van der Waals surface area contributed by atoms with Crippen molar-refractivity contribution < 1.29 is 4.92 Å². The molecule has 0 saturated carbocycles. The molecular formula is C11H10N2O2. The van der Waals surface area contributed by atoms with Gasteiger partial charge in [0.2, 0.25) is 0 Å². The van der Waals surface area contributed by atoms with E-state index in [1.54, 1.807) is 6.07 Å². The number of nitro groups is 1.